The molecule has 8 heteroatoms. The molecule has 1 amide bonds. The number of nitrogens with two attached hydrogens (primary N) is 2. The first-order valence-electron chi connectivity index (χ1n) is 8.74. The van der Waals surface area contributed by atoms with Crippen molar-refractivity contribution in [1.82, 2.24) is 5.32 Å². The molecule has 140 valence electrons. The number of halogens is 1. The van der Waals surface area contributed by atoms with Crippen molar-refractivity contribution < 1.29 is 23.8 Å². The second-order valence-electron chi connectivity index (χ2n) is 6.92. The number of hydrogen-bond acceptors (Lipinski definition) is 6. The molecule has 2 fully saturated rings. The smallest absolute Gasteiger partial charge is 0.226 e. The molecule has 7 nitrogen and oxygen atoms in total. The minimum Gasteiger partial charge on any atom is -0.394 e. The lowest BCUT2D eigenvalue weighted by atomic mass is 9.88. The fourth-order valence-corrected chi connectivity index (χ4v) is 3.36. The van der Waals surface area contributed by atoms with E-state index in [1.54, 1.807) is 0 Å². The van der Waals surface area contributed by atoms with Gasteiger partial charge in [0.05, 0.1) is 24.7 Å². The highest BCUT2D eigenvalue weighted by Crippen LogP contribution is 2.27. The van der Waals surface area contributed by atoms with Crippen LogP contribution in [-0.4, -0.2) is 60.9 Å². The lowest BCUT2D eigenvalue weighted by Gasteiger charge is -2.35. The Bertz CT molecular complexity index is 415. The van der Waals surface area contributed by atoms with Gasteiger partial charge in [-0.05, 0) is 25.7 Å². The van der Waals surface area contributed by atoms with Crippen LogP contribution in [0.5, 0.6) is 0 Å². The molecule has 1 aliphatic heterocycles. The number of carbonyl (C=O) groups is 1. The highest BCUT2D eigenvalue weighted by molar-refractivity contribution is 5.79. The van der Waals surface area contributed by atoms with E-state index < -0.39 is 12.1 Å². The van der Waals surface area contributed by atoms with Crippen LogP contribution in [0.1, 0.15) is 39.0 Å². The van der Waals surface area contributed by atoms with E-state index in [0.29, 0.717) is 19.3 Å². The van der Waals surface area contributed by atoms with Crippen LogP contribution in [0.25, 0.3) is 0 Å². The van der Waals surface area contributed by atoms with Gasteiger partial charge in [0.15, 0.2) is 6.29 Å². The van der Waals surface area contributed by atoms with E-state index in [9.17, 15) is 9.18 Å². The minimum absolute atomic E-state index is 0.00779. The van der Waals surface area contributed by atoms with Gasteiger partial charge in [-0.2, -0.15) is 0 Å². The summed E-state index contributed by atoms with van der Waals surface area (Å²) in [5.41, 5.74) is 11.4. The zero-order valence-electron chi connectivity index (χ0n) is 14.2. The number of carbonyl (C=O) groups excluding carboxylic acids is 1. The van der Waals surface area contributed by atoms with Gasteiger partial charge < -0.3 is 31.4 Å². The number of ether oxygens (including phenoxy) is 2. The number of aliphatic hydroxyl groups is 1. The highest BCUT2D eigenvalue weighted by atomic mass is 19.1. The zero-order chi connectivity index (χ0) is 17.7. The molecule has 1 saturated carbocycles. The monoisotopic (exact) mass is 347 g/mol. The quantitative estimate of drug-likeness (QED) is 0.506. The van der Waals surface area contributed by atoms with E-state index in [2.05, 4.69) is 5.32 Å². The predicted molar refractivity (Wildman–Crippen MR) is 86.7 cm³/mol. The second-order valence-corrected chi connectivity index (χ2v) is 6.92. The molecule has 0 aromatic carbocycles. The zero-order valence-corrected chi connectivity index (χ0v) is 14.2. The summed E-state index contributed by atoms with van der Waals surface area (Å²) in [6.45, 7) is 1.35. The SMILES string of the molecule is CC(C(=O)NC1CC(N)CC(OC2CCC(CO)O2)C1)C(F)CN. The molecule has 0 radical (unpaired) electrons. The number of hydrogen-bond donors (Lipinski definition) is 4. The Balaban J connectivity index is 1.83. The van der Waals surface area contributed by atoms with Crippen LogP contribution in [0, 0.1) is 5.92 Å². The van der Waals surface area contributed by atoms with Crippen LogP contribution in [0.2, 0.25) is 0 Å². The maximum absolute atomic E-state index is 13.6. The van der Waals surface area contributed by atoms with Crippen molar-refractivity contribution in [2.75, 3.05) is 13.2 Å². The molecule has 1 heterocycles. The van der Waals surface area contributed by atoms with E-state index in [1.165, 1.54) is 6.92 Å². The van der Waals surface area contributed by atoms with Crippen molar-refractivity contribution in [2.24, 2.45) is 17.4 Å². The van der Waals surface area contributed by atoms with Crippen LogP contribution in [0.4, 0.5) is 4.39 Å². The van der Waals surface area contributed by atoms with E-state index in [0.717, 1.165) is 12.8 Å². The molecular weight excluding hydrogens is 317 g/mol. The summed E-state index contributed by atoms with van der Waals surface area (Å²) in [6.07, 6.45) is 1.50. The van der Waals surface area contributed by atoms with Crippen molar-refractivity contribution in [3.63, 3.8) is 0 Å². The molecule has 1 aliphatic carbocycles. The van der Waals surface area contributed by atoms with Crippen molar-refractivity contribution in [3.05, 3.63) is 0 Å². The second kappa shape index (κ2) is 9.05. The number of nitrogens with one attached hydrogen (secondary N) is 1. The molecule has 7 unspecified atom stereocenters. The molecule has 0 spiro atoms. The third kappa shape index (κ3) is 5.35. The summed E-state index contributed by atoms with van der Waals surface area (Å²) in [7, 11) is 0. The summed E-state index contributed by atoms with van der Waals surface area (Å²) >= 11 is 0. The molecule has 0 aromatic heterocycles. The summed E-state index contributed by atoms with van der Waals surface area (Å²) in [4.78, 5) is 12.1. The fraction of sp³-hybridized carbons (Fsp3) is 0.938. The van der Waals surface area contributed by atoms with Crippen molar-refractivity contribution in [1.29, 1.82) is 0 Å². The minimum atomic E-state index is -1.35. The molecule has 0 bridgehead atoms. The molecule has 0 aromatic rings. The Kier molecular flexibility index (Phi) is 7.36. The average Bonchev–Trinajstić information content (AvgIpc) is 3.00. The normalized spacial score (nSPS) is 36.3. The Morgan fingerprint density at radius 1 is 1.42 bits per heavy atom. The van der Waals surface area contributed by atoms with Crippen molar-refractivity contribution >= 4 is 5.91 Å². The van der Waals surface area contributed by atoms with E-state index in [4.69, 9.17) is 26.0 Å². The Labute approximate surface area is 142 Å². The first kappa shape index (κ1) is 19.5. The van der Waals surface area contributed by atoms with E-state index >= 15 is 0 Å². The maximum atomic E-state index is 13.6. The largest absolute Gasteiger partial charge is 0.394 e. The molecule has 2 aliphatic rings. The lowest BCUT2D eigenvalue weighted by Crippen LogP contribution is -2.50. The summed E-state index contributed by atoms with van der Waals surface area (Å²) in [6, 6.07) is -0.233. The van der Waals surface area contributed by atoms with Crippen molar-refractivity contribution in [2.45, 2.75) is 75.8 Å². The first-order chi connectivity index (χ1) is 11.4. The maximum Gasteiger partial charge on any atom is 0.226 e. The molecule has 2 rings (SSSR count). The van der Waals surface area contributed by atoms with Gasteiger partial charge in [0.2, 0.25) is 5.91 Å². The van der Waals surface area contributed by atoms with Gasteiger partial charge in [-0.25, -0.2) is 4.39 Å². The Morgan fingerprint density at radius 3 is 2.79 bits per heavy atom. The van der Waals surface area contributed by atoms with E-state index in [-0.39, 0.29) is 49.6 Å². The topological polar surface area (TPSA) is 120 Å². The number of amides is 1. The van der Waals surface area contributed by atoms with Gasteiger partial charge in [0, 0.05) is 25.0 Å². The number of rotatable bonds is 7. The number of aliphatic hydroxyl groups excluding tert-OH is 1. The third-order valence-corrected chi connectivity index (χ3v) is 4.84. The van der Waals surface area contributed by atoms with Crippen molar-refractivity contribution in [3.8, 4) is 0 Å². The summed E-state index contributed by atoms with van der Waals surface area (Å²) in [5, 5.41) is 12.0. The Hall–Kier alpha value is -0.800. The highest BCUT2D eigenvalue weighted by Gasteiger charge is 2.34. The summed E-state index contributed by atoms with van der Waals surface area (Å²) < 4.78 is 25.1. The van der Waals surface area contributed by atoms with Gasteiger partial charge in [-0.3, -0.25) is 4.79 Å². The van der Waals surface area contributed by atoms with Crippen LogP contribution in [0.3, 0.4) is 0 Å². The van der Waals surface area contributed by atoms with Gasteiger partial charge in [-0.15, -0.1) is 0 Å². The van der Waals surface area contributed by atoms with Gasteiger partial charge >= 0.3 is 0 Å². The molecule has 7 atom stereocenters. The molecular formula is C16H30FN3O4. The van der Waals surface area contributed by atoms with Crippen LogP contribution in [0.15, 0.2) is 0 Å². The average molecular weight is 347 g/mol. The molecule has 1 saturated heterocycles. The van der Waals surface area contributed by atoms with E-state index in [1.807, 2.05) is 0 Å². The molecule has 6 N–H and O–H groups in total. The lowest BCUT2D eigenvalue weighted by molar-refractivity contribution is -0.175. The number of alkyl halides is 1. The fourth-order valence-electron chi connectivity index (χ4n) is 3.36. The predicted octanol–water partition coefficient (Wildman–Crippen LogP) is -0.202. The van der Waals surface area contributed by atoms with Gasteiger partial charge in [-0.1, -0.05) is 6.92 Å². The van der Waals surface area contributed by atoms with Gasteiger partial charge in [0.25, 0.3) is 0 Å². The van der Waals surface area contributed by atoms with Gasteiger partial charge in [0.1, 0.15) is 6.17 Å². The standard InChI is InChI=1S/C16H30FN3O4/c1-9(14(17)7-18)16(22)20-11-4-10(19)5-13(6-11)24-15-3-2-12(8-21)23-15/h9-15,21H,2-8,18-19H2,1H3,(H,20,22). The summed E-state index contributed by atoms with van der Waals surface area (Å²) in [5.74, 6) is -1.13. The molecule has 24 heavy (non-hydrogen) atoms. The van der Waals surface area contributed by atoms with Crippen LogP contribution in [-0.2, 0) is 14.3 Å². The van der Waals surface area contributed by atoms with Crippen LogP contribution >= 0.6 is 0 Å². The third-order valence-electron chi connectivity index (χ3n) is 4.84. The Morgan fingerprint density at radius 2 is 2.17 bits per heavy atom. The first-order valence-corrected chi connectivity index (χ1v) is 8.74. The van der Waals surface area contributed by atoms with Crippen LogP contribution < -0.4 is 16.8 Å².